The minimum Gasteiger partial charge on any atom is -0.478 e. The molecule has 0 aromatic heterocycles. The number of carbonyl (C=O) groups is 1. The predicted octanol–water partition coefficient (Wildman–Crippen LogP) is 3.46. The first kappa shape index (κ1) is 12.0. The van der Waals surface area contributed by atoms with Gasteiger partial charge in [-0.1, -0.05) is 0 Å². The van der Waals surface area contributed by atoms with Crippen LogP contribution in [0, 0.1) is 11.6 Å². The lowest BCUT2D eigenvalue weighted by atomic mass is 10.2. The van der Waals surface area contributed by atoms with Crippen LogP contribution in [0.5, 0.6) is 11.5 Å². The minimum atomic E-state index is -1.06. The Morgan fingerprint density at radius 3 is 2.28 bits per heavy atom. The molecule has 0 atom stereocenters. The molecule has 5 heteroatoms. The van der Waals surface area contributed by atoms with Gasteiger partial charge in [-0.3, -0.25) is 0 Å². The summed E-state index contributed by atoms with van der Waals surface area (Å²) in [5.41, 5.74) is 0.0990. The van der Waals surface area contributed by atoms with Crippen molar-refractivity contribution in [3.63, 3.8) is 0 Å². The molecule has 0 saturated carbocycles. The van der Waals surface area contributed by atoms with Crippen LogP contribution in [0.15, 0.2) is 42.5 Å². The first-order valence-corrected chi connectivity index (χ1v) is 5.02. The molecule has 0 spiro atoms. The van der Waals surface area contributed by atoms with E-state index in [1.165, 1.54) is 24.3 Å². The van der Waals surface area contributed by atoms with Crippen LogP contribution in [0.2, 0.25) is 0 Å². The molecule has 0 heterocycles. The van der Waals surface area contributed by atoms with Crippen LogP contribution in [0.1, 0.15) is 10.4 Å². The first-order chi connectivity index (χ1) is 8.56. The molecule has 0 fully saturated rings. The number of benzene rings is 2. The number of carboxylic acids is 1. The monoisotopic (exact) mass is 250 g/mol. The molecule has 0 aliphatic carbocycles. The van der Waals surface area contributed by atoms with Crippen molar-refractivity contribution < 1.29 is 23.4 Å². The third kappa shape index (κ3) is 2.63. The van der Waals surface area contributed by atoms with Gasteiger partial charge in [-0.15, -0.1) is 0 Å². The van der Waals surface area contributed by atoms with E-state index >= 15 is 0 Å². The Bertz CT molecular complexity index is 579. The molecule has 0 unspecified atom stereocenters. The highest BCUT2D eigenvalue weighted by molar-refractivity contribution is 5.87. The molecule has 3 nitrogen and oxygen atoms in total. The van der Waals surface area contributed by atoms with Gasteiger partial charge in [0.2, 0.25) is 0 Å². The number of halogens is 2. The van der Waals surface area contributed by atoms with Gasteiger partial charge >= 0.3 is 5.97 Å². The molecule has 0 aliphatic heterocycles. The fourth-order valence-electron chi connectivity index (χ4n) is 1.35. The zero-order valence-electron chi connectivity index (χ0n) is 9.06. The van der Waals surface area contributed by atoms with Crippen molar-refractivity contribution >= 4 is 5.97 Å². The van der Waals surface area contributed by atoms with E-state index in [0.717, 1.165) is 12.1 Å². The minimum absolute atomic E-state index is 0.0990. The summed E-state index contributed by atoms with van der Waals surface area (Å²) in [7, 11) is 0. The quantitative estimate of drug-likeness (QED) is 0.907. The maximum Gasteiger partial charge on any atom is 0.335 e. The summed E-state index contributed by atoms with van der Waals surface area (Å²) in [4.78, 5) is 10.6. The number of hydrogen-bond acceptors (Lipinski definition) is 2. The average Bonchev–Trinajstić information content (AvgIpc) is 2.33. The third-order valence-electron chi connectivity index (χ3n) is 2.22. The van der Waals surface area contributed by atoms with Gasteiger partial charge in [-0.2, -0.15) is 0 Å². The largest absolute Gasteiger partial charge is 0.478 e. The summed E-state index contributed by atoms with van der Waals surface area (Å²) < 4.78 is 31.1. The van der Waals surface area contributed by atoms with Gasteiger partial charge in [0.15, 0.2) is 11.6 Å². The summed E-state index contributed by atoms with van der Waals surface area (Å²) in [5, 5.41) is 8.70. The molecule has 0 radical (unpaired) electrons. The lowest BCUT2D eigenvalue weighted by molar-refractivity contribution is 0.0697. The number of ether oxygens (including phenoxy) is 1. The average molecular weight is 250 g/mol. The molecule has 2 aromatic carbocycles. The van der Waals surface area contributed by atoms with E-state index < -0.39 is 17.6 Å². The third-order valence-corrected chi connectivity index (χ3v) is 2.22. The molecule has 2 aromatic rings. The second-order valence-corrected chi connectivity index (χ2v) is 3.51. The molecule has 18 heavy (non-hydrogen) atoms. The second-order valence-electron chi connectivity index (χ2n) is 3.51. The van der Waals surface area contributed by atoms with Crippen LogP contribution in [-0.2, 0) is 0 Å². The Balaban J connectivity index is 2.21. The van der Waals surface area contributed by atoms with Gasteiger partial charge in [-0.05, 0) is 36.4 Å². The van der Waals surface area contributed by atoms with Crippen molar-refractivity contribution in [3.8, 4) is 11.5 Å². The van der Waals surface area contributed by atoms with E-state index in [4.69, 9.17) is 9.84 Å². The summed E-state index contributed by atoms with van der Waals surface area (Å²) in [6.07, 6.45) is 0. The van der Waals surface area contributed by atoms with Crippen LogP contribution in [0.25, 0.3) is 0 Å². The lowest BCUT2D eigenvalue weighted by Gasteiger charge is -2.06. The molecule has 0 bridgehead atoms. The Morgan fingerprint density at radius 2 is 1.72 bits per heavy atom. The SMILES string of the molecule is O=C(O)c1ccc(Oc2ccc(F)cc2F)cc1. The van der Waals surface area contributed by atoms with Gasteiger partial charge in [0, 0.05) is 6.07 Å². The number of carboxylic acid groups (broad SMARTS) is 1. The van der Waals surface area contributed by atoms with E-state index in [-0.39, 0.29) is 17.1 Å². The fraction of sp³-hybridized carbons (Fsp3) is 0. The number of rotatable bonds is 3. The topological polar surface area (TPSA) is 46.5 Å². The van der Waals surface area contributed by atoms with Gasteiger partial charge in [-0.25, -0.2) is 13.6 Å². The van der Waals surface area contributed by atoms with Crippen molar-refractivity contribution in [1.29, 1.82) is 0 Å². The molecular weight excluding hydrogens is 242 g/mol. The molecular formula is C13H8F2O3. The summed E-state index contributed by atoms with van der Waals surface area (Å²) in [6.45, 7) is 0. The Morgan fingerprint density at radius 1 is 1.06 bits per heavy atom. The highest BCUT2D eigenvalue weighted by Gasteiger charge is 2.07. The van der Waals surface area contributed by atoms with Crippen LogP contribution in [0.4, 0.5) is 8.78 Å². The summed E-state index contributed by atoms with van der Waals surface area (Å²) >= 11 is 0. The van der Waals surface area contributed by atoms with Crippen LogP contribution in [-0.4, -0.2) is 11.1 Å². The lowest BCUT2D eigenvalue weighted by Crippen LogP contribution is -1.95. The smallest absolute Gasteiger partial charge is 0.335 e. The van der Waals surface area contributed by atoms with E-state index in [9.17, 15) is 13.6 Å². The fourth-order valence-corrected chi connectivity index (χ4v) is 1.35. The molecule has 2 rings (SSSR count). The van der Waals surface area contributed by atoms with E-state index in [2.05, 4.69) is 0 Å². The standard InChI is InChI=1S/C13H8F2O3/c14-9-3-6-12(11(15)7-9)18-10-4-1-8(2-5-10)13(16)17/h1-7H,(H,16,17). The van der Waals surface area contributed by atoms with Crippen molar-refractivity contribution in [3.05, 3.63) is 59.7 Å². The summed E-state index contributed by atoms with van der Waals surface area (Å²) in [6, 6.07) is 8.40. The van der Waals surface area contributed by atoms with Crippen molar-refractivity contribution in [2.75, 3.05) is 0 Å². The molecule has 0 saturated heterocycles. The second kappa shape index (κ2) is 4.83. The summed E-state index contributed by atoms with van der Waals surface area (Å²) in [5.74, 6) is -2.43. The zero-order valence-corrected chi connectivity index (χ0v) is 9.06. The maximum absolute atomic E-state index is 13.3. The van der Waals surface area contributed by atoms with Crippen molar-refractivity contribution in [2.24, 2.45) is 0 Å². The van der Waals surface area contributed by atoms with E-state index in [1.54, 1.807) is 0 Å². The van der Waals surface area contributed by atoms with Crippen molar-refractivity contribution in [1.82, 2.24) is 0 Å². The predicted molar refractivity (Wildman–Crippen MR) is 59.8 cm³/mol. The Hall–Kier alpha value is -2.43. The van der Waals surface area contributed by atoms with Gasteiger partial charge in [0.05, 0.1) is 5.56 Å². The van der Waals surface area contributed by atoms with Crippen LogP contribution < -0.4 is 4.74 Å². The van der Waals surface area contributed by atoms with Crippen molar-refractivity contribution in [2.45, 2.75) is 0 Å². The molecule has 0 amide bonds. The Kier molecular flexibility index (Phi) is 3.23. The normalized spacial score (nSPS) is 10.1. The van der Waals surface area contributed by atoms with Gasteiger partial charge in [0.25, 0.3) is 0 Å². The van der Waals surface area contributed by atoms with Gasteiger partial charge in [0.1, 0.15) is 11.6 Å². The maximum atomic E-state index is 13.3. The van der Waals surface area contributed by atoms with E-state index in [1.807, 2.05) is 0 Å². The van der Waals surface area contributed by atoms with Crippen LogP contribution >= 0.6 is 0 Å². The highest BCUT2D eigenvalue weighted by atomic mass is 19.1. The first-order valence-electron chi connectivity index (χ1n) is 5.02. The highest BCUT2D eigenvalue weighted by Crippen LogP contribution is 2.25. The van der Waals surface area contributed by atoms with E-state index in [0.29, 0.717) is 6.07 Å². The molecule has 0 aliphatic rings. The number of hydrogen-bond donors (Lipinski definition) is 1. The molecule has 1 N–H and O–H groups in total. The zero-order chi connectivity index (χ0) is 13.1. The van der Waals surface area contributed by atoms with Crippen LogP contribution in [0.3, 0.4) is 0 Å². The van der Waals surface area contributed by atoms with Gasteiger partial charge < -0.3 is 9.84 Å². The number of aromatic carboxylic acids is 1. The Labute approximate surface area is 101 Å². The molecule has 92 valence electrons.